The average Bonchev–Trinajstić information content (AvgIpc) is 3.29. The first-order valence-electron chi connectivity index (χ1n) is 11.2. The molecule has 2 heterocycles. The van der Waals surface area contributed by atoms with Crippen LogP contribution in [-0.2, 0) is 6.42 Å². The molecule has 0 atom stereocenters. The molecule has 2 aromatic rings. The van der Waals surface area contributed by atoms with E-state index >= 15 is 0 Å². The molecular formula is C23H33N5O. The fourth-order valence-electron chi connectivity index (χ4n) is 4.58. The highest BCUT2D eigenvalue weighted by Crippen LogP contribution is 2.27. The number of rotatable bonds is 7. The maximum absolute atomic E-state index is 12.5. The van der Waals surface area contributed by atoms with Gasteiger partial charge in [0, 0.05) is 13.1 Å². The number of carbonyl (C=O) groups is 1. The number of nitrogens with zero attached hydrogens (tertiary/aromatic N) is 4. The molecule has 0 radical (unpaired) electrons. The second-order valence-corrected chi connectivity index (χ2v) is 8.61. The molecule has 1 aliphatic heterocycles. The van der Waals surface area contributed by atoms with Gasteiger partial charge in [-0.2, -0.15) is 0 Å². The molecule has 1 aromatic carbocycles. The number of likely N-dealkylation sites (tertiary alicyclic amines) is 1. The smallest absolute Gasteiger partial charge is 0.273 e. The minimum Gasteiger partial charge on any atom is -0.350 e. The Morgan fingerprint density at radius 3 is 2.55 bits per heavy atom. The monoisotopic (exact) mass is 395 g/mol. The van der Waals surface area contributed by atoms with E-state index in [4.69, 9.17) is 0 Å². The molecule has 6 heteroatoms. The topological polar surface area (TPSA) is 63.1 Å². The normalized spacial score (nSPS) is 19.3. The van der Waals surface area contributed by atoms with Crippen LogP contribution in [0.2, 0.25) is 0 Å². The van der Waals surface area contributed by atoms with Crippen LogP contribution in [0.25, 0.3) is 0 Å². The lowest BCUT2D eigenvalue weighted by atomic mass is 9.96. The fourth-order valence-corrected chi connectivity index (χ4v) is 4.58. The highest BCUT2D eigenvalue weighted by Gasteiger charge is 2.22. The maximum atomic E-state index is 12.5. The summed E-state index contributed by atoms with van der Waals surface area (Å²) in [5.41, 5.74) is 1.86. The van der Waals surface area contributed by atoms with Crippen LogP contribution in [0.3, 0.4) is 0 Å². The van der Waals surface area contributed by atoms with Gasteiger partial charge in [-0.3, -0.25) is 4.79 Å². The van der Waals surface area contributed by atoms with Crippen molar-refractivity contribution in [1.82, 2.24) is 25.2 Å². The number of nitrogens with one attached hydrogen (secondary N) is 1. The number of hydrogen-bond donors (Lipinski definition) is 1. The Balaban J connectivity index is 1.16. The lowest BCUT2D eigenvalue weighted by Crippen LogP contribution is -2.39. The molecule has 4 rings (SSSR count). The summed E-state index contributed by atoms with van der Waals surface area (Å²) in [7, 11) is 0. The third-order valence-corrected chi connectivity index (χ3v) is 6.51. The number of aromatic nitrogens is 3. The second-order valence-electron chi connectivity index (χ2n) is 8.61. The predicted molar refractivity (Wildman–Crippen MR) is 114 cm³/mol. The summed E-state index contributed by atoms with van der Waals surface area (Å²) < 4.78 is 1.90. The highest BCUT2D eigenvalue weighted by atomic mass is 16.2. The van der Waals surface area contributed by atoms with Crippen molar-refractivity contribution in [3.05, 3.63) is 47.8 Å². The van der Waals surface area contributed by atoms with Gasteiger partial charge in [-0.1, -0.05) is 54.8 Å². The molecule has 0 spiro atoms. The van der Waals surface area contributed by atoms with Crippen molar-refractivity contribution in [2.75, 3.05) is 26.2 Å². The third kappa shape index (κ3) is 5.66. The van der Waals surface area contributed by atoms with E-state index in [0.717, 1.165) is 58.3 Å². The lowest BCUT2D eigenvalue weighted by Gasteiger charge is -2.32. The van der Waals surface area contributed by atoms with Gasteiger partial charge in [0.1, 0.15) is 0 Å². The molecule has 1 saturated heterocycles. The Morgan fingerprint density at radius 2 is 1.79 bits per heavy atom. The Labute approximate surface area is 173 Å². The van der Waals surface area contributed by atoms with Gasteiger partial charge >= 0.3 is 0 Å². The van der Waals surface area contributed by atoms with Crippen molar-refractivity contribution in [2.45, 2.75) is 57.4 Å². The molecule has 0 bridgehead atoms. The van der Waals surface area contributed by atoms with E-state index in [1.165, 1.54) is 24.8 Å². The zero-order chi connectivity index (χ0) is 19.9. The molecule has 2 fully saturated rings. The lowest BCUT2D eigenvalue weighted by molar-refractivity contribution is 0.0931. The molecule has 156 valence electrons. The van der Waals surface area contributed by atoms with Gasteiger partial charge in [0.2, 0.25) is 0 Å². The second kappa shape index (κ2) is 10.0. The standard InChI is InChI=1S/C23H33N5O/c29-23(22-18-28(26-25-22)21-9-5-2-6-10-21)24-17-20-12-15-27(16-13-20)14-11-19-7-3-1-4-8-19/h1,3-4,7-8,18,20-21H,2,5-6,9-17H2,(H,24,29). The summed E-state index contributed by atoms with van der Waals surface area (Å²) in [6.45, 7) is 4.09. The van der Waals surface area contributed by atoms with Crippen molar-refractivity contribution in [1.29, 1.82) is 0 Å². The Bertz CT molecular complexity index is 761. The summed E-state index contributed by atoms with van der Waals surface area (Å²) in [6, 6.07) is 11.1. The van der Waals surface area contributed by atoms with E-state index in [1.54, 1.807) is 0 Å². The van der Waals surface area contributed by atoms with E-state index in [0.29, 0.717) is 17.7 Å². The number of amides is 1. The molecule has 1 amide bonds. The highest BCUT2D eigenvalue weighted by molar-refractivity contribution is 5.91. The van der Waals surface area contributed by atoms with E-state index in [9.17, 15) is 4.79 Å². The quantitative estimate of drug-likeness (QED) is 0.780. The zero-order valence-corrected chi connectivity index (χ0v) is 17.3. The van der Waals surface area contributed by atoms with Crippen LogP contribution in [0.1, 0.15) is 67.0 Å². The molecule has 29 heavy (non-hydrogen) atoms. The molecular weight excluding hydrogens is 362 g/mol. The molecule has 1 aliphatic carbocycles. The number of carbonyl (C=O) groups excluding carboxylic acids is 1. The van der Waals surface area contributed by atoms with Gasteiger partial charge in [-0.15, -0.1) is 5.10 Å². The summed E-state index contributed by atoms with van der Waals surface area (Å²) in [4.78, 5) is 15.0. The van der Waals surface area contributed by atoms with Crippen molar-refractivity contribution in [3.63, 3.8) is 0 Å². The SMILES string of the molecule is O=C(NCC1CCN(CCc2ccccc2)CC1)c1cn(C2CCCCC2)nn1. The minimum absolute atomic E-state index is 0.0847. The van der Waals surface area contributed by atoms with E-state index in [1.807, 2.05) is 10.9 Å². The van der Waals surface area contributed by atoms with Crippen LogP contribution in [0.5, 0.6) is 0 Å². The molecule has 1 saturated carbocycles. The van der Waals surface area contributed by atoms with Crippen LogP contribution >= 0.6 is 0 Å². The fraction of sp³-hybridized carbons (Fsp3) is 0.609. The van der Waals surface area contributed by atoms with Crippen LogP contribution in [-0.4, -0.2) is 52.0 Å². The first kappa shape index (κ1) is 20.1. The summed E-state index contributed by atoms with van der Waals surface area (Å²) in [6.07, 6.45) is 11.3. The maximum Gasteiger partial charge on any atom is 0.273 e. The van der Waals surface area contributed by atoms with Crippen LogP contribution in [0.4, 0.5) is 0 Å². The van der Waals surface area contributed by atoms with Crippen molar-refractivity contribution in [3.8, 4) is 0 Å². The van der Waals surface area contributed by atoms with Crippen molar-refractivity contribution >= 4 is 5.91 Å². The van der Waals surface area contributed by atoms with Crippen LogP contribution in [0, 0.1) is 5.92 Å². The summed E-state index contributed by atoms with van der Waals surface area (Å²) >= 11 is 0. The van der Waals surface area contributed by atoms with E-state index in [2.05, 4.69) is 50.9 Å². The average molecular weight is 396 g/mol. The number of piperidine rings is 1. The minimum atomic E-state index is -0.0847. The van der Waals surface area contributed by atoms with Crippen LogP contribution in [0.15, 0.2) is 36.5 Å². The van der Waals surface area contributed by atoms with E-state index in [-0.39, 0.29) is 5.91 Å². The van der Waals surface area contributed by atoms with Crippen molar-refractivity contribution < 1.29 is 4.79 Å². The van der Waals surface area contributed by atoms with Gasteiger partial charge in [0.15, 0.2) is 5.69 Å². The van der Waals surface area contributed by atoms with Gasteiger partial charge in [-0.25, -0.2) is 4.68 Å². The van der Waals surface area contributed by atoms with Gasteiger partial charge < -0.3 is 10.2 Å². The Kier molecular flexibility index (Phi) is 6.93. The number of hydrogen-bond acceptors (Lipinski definition) is 4. The number of benzene rings is 1. The van der Waals surface area contributed by atoms with Gasteiger partial charge in [0.05, 0.1) is 12.2 Å². The van der Waals surface area contributed by atoms with Gasteiger partial charge in [0.25, 0.3) is 5.91 Å². The first-order valence-corrected chi connectivity index (χ1v) is 11.2. The third-order valence-electron chi connectivity index (χ3n) is 6.51. The van der Waals surface area contributed by atoms with Crippen LogP contribution < -0.4 is 5.32 Å². The van der Waals surface area contributed by atoms with Gasteiger partial charge in [-0.05, 0) is 56.7 Å². The summed E-state index contributed by atoms with van der Waals surface area (Å²) in [5.74, 6) is 0.471. The largest absolute Gasteiger partial charge is 0.350 e. The molecule has 6 nitrogen and oxygen atoms in total. The molecule has 2 aliphatic rings. The van der Waals surface area contributed by atoms with Crippen molar-refractivity contribution in [2.24, 2.45) is 5.92 Å². The molecule has 1 aromatic heterocycles. The molecule has 1 N–H and O–H groups in total. The Morgan fingerprint density at radius 1 is 1.03 bits per heavy atom. The zero-order valence-electron chi connectivity index (χ0n) is 17.3. The molecule has 0 unspecified atom stereocenters. The van der Waals surface area contributed by atoms with E-state index < -0.39 is 0 Å². The predicted octanol–water partition coefficient (Wildman–Crippen LogP) is 3.47. The first-order chi connectivity index (χ1) is 14.3. The summed E-state index contributed by atoms with van der Waals surface area (Å²) in [5, 5.41) is 11.4. The Hall–Kier alpha value is -2.21.